The van der Waals surface area contributed by atoms with E-state index in [0.717, 1.165) is 18.7 Å². The molecule has 1 saturated heterocycles. The Morgan fingerprint density at radius 2 is 1.96 bits per heavy atom. The van der Waals surface area contributed by atoms with Crippen molar-refractivity contribution in [3.8, 4) is 5.75 Å². The van der Waals surface area contributed by atoms with Gasteiger partial charge in [-0.3, -0.25) is 4.90 Å². The van der Waals surface area contributed by atoms with Crippen molar-refractivity contribution in [1.29, 1.82) is 0 Å². The molecule has 2 aromatic rings. The van der Waals surface area contributed by atoms with Crippen molar-refractivity contribution in [1.82, 2.24) is 9.62 Å². The second kappa shape index (κ2) is 8.29. The zero-order chi connectivity index (χ0) is 17.7. The summed E-state index contributed by atoms with van der Waals surface area (Å²) in [6.45, 7) is 3.26. The number of benzene rings is 1. The summed E-state index contributed by atoms with van der Waals surface area (Å²) in [5.41, 5.74) is 1.13. The van der Waals surface area contributed by atoms with E-state index < -0.39 is 10.0 Å². The number of rotatable bonds is 7. The predicted molar refractivity (Wildman–Crippen MR) is 97.6 cm³/mol. The maximum absolute atomic E-state index is 12.6. The summed E-state index contributed by atoms with van der Waals surface area (Å²) in [5.74, 6) is 0.628. The average Bonchev–Trinajstić information content (AvgIpc) is 3.17. The van der Waals surface area contributed by atoms with Crippen molar-refractivity contribution in [2.75, 3.05) is 40.0 Å². The number of nitrogens with zero attached hydrogens (tertiary/aromatic N) is 1. The van der Waals surface area contributed by atoms with Gasteiger partial charge < -0.3 is 9.47 Å². The first-order valence-electron chi connectivity index (χ1n) is 8.08. The molecule has 0 radical (unpaired) electrons. The van der Waals surface area contributed by atoms with Gasteiger partial charge >= 0.3 is 0 Å². The van der Waals surface area contributed by atoms with Gasteiger partial charge in [-0.05, 0) is 46.7 Å². The lowest BCUT2D eigenvalue weighted by Gasteiger charge is -2.34. The summed E-state index contributed by atoms with van der Waals surface area (Å²) in [5, 5.41) is 4.09. The van der Waals surface area contributed by atoms with Crippen LogP contribution in [0.5, 0.6) is 5.75 Å². The van der Waals surface area contributed by atoms with E-state index in [1.54, 1.807) is 42.7 Å². The molecule has 1 aliphatic rings. The third kappa shape index (κ3) is 4.59. The maximum atomic E-state index is 12.6. The van der Waals surface area contributed by atoms with E-state index in [-0.39, 0.29) is 10.9 Å². The fourth-order valence-corrected chi connectivity index (χ4v) is 4.58. The van der Waals surface area contributed by atoms with E-state index in [9.17, 15) is 8.42 Å². The Balaban J connectivity index is 1.73. The molecule has 1 fully saturated rings. The summed E-state index contributed by atoms with van der Waals surface area (Å²) >= 11 is 1.62. The molecule has 6 nitrogen and oxygen atoms in total. The number of methoxy groups -OCH3 is 1. The minimum Gasteiger partial charge on any atom is -0.497 e. The number of sulfonamides is 1. The molecule has 1 atom stereocenters. The van der Waals surface area contributed by atoms with E-state index in [1.807, 2.05) is 11.4 Å². The largest absolute Gasteiger partial charge is 0.497 e. The molecule has 0 spiro atoms. The molecule has 0 amide bonds. The highest BCUT2D eigenvalue weighted by atomic mass is 32.2. The molecular formula is C17H22N2O4S2. The van der Waals surface area contributed by atoms with Gasteiger partial charge in [0.05, 0.1) is 25.2 Å². The highest BCUT2D eigenvalue weighted by molar-refractivity contribution is 7.89. The average molecular weight is 383 g/mol. The van der Waals surface area contributed by atoms with Crippen LogP contribution in [-0.4, -0.2) is 53.3 Å². The van der Waals surface area contributed by atoms with Gasteiger partial charge in [-0.15, -0.1) is 0 Å². The van der Waals surface area contributed by atoms with Gasteiger partial charge in [-0.25, -0.2) is 13.1 Å². The van der Waals surface area contributed by atoms with Gasteiger partial charge in [0.2, 0.25) is 10.0 Å². The van der Waals surface area contributed by atoms with Crippen LogP contribution in [0.25, 0.3) is 0 Å². The molecule has 0 saturated carbocycles. The second-order valence-corrected chi connectivity index (χ2v) is 8.30. The Morgan fingerprint density at radius 1 is 1.24 bits per heavy atom. The Hall–Kier alpha value is -1.45. The van der Waals surface area contributed by atoms with Crippen molar-refractivity contribution < 1.29 is 17.9 Å². The Morgan fingerprint density at radius 3 is 2.56 bits per heavy atom. The number of hydrogen-bond acceptors (Lipinski definition) is 6. The SMILES string of the molecule is COc1ccc(S(=O)(=O)NC[C@@H](c2ccsc2)N2CCOCC2)cc1. The van der Waals surface area contributed by atoms with Crippen molar-refractivity contribution in [2.24, 2.45) is 0 Å². The molecule has 1 aromatic carbocycles. The number of ether oxygens (including phenoxy) is 2. The molecule has 1 aromatic heterocycles. The number of hydrogen-bond donors (Lipinski definition) is 1. The lowest BCUT2D eigenvalue weighted by Crippen LogP contribution is -2.43. The van der Waals surface area contributed by atoms with E-state index in [4.69, 9.17) is 9.47 Å². The predicted octanol–water partition coefficient (Wildman–Crippen LogP) is 2.11. The summed E-state index contributed by atoms with van der Waals surface area (Å²) in [4.78, 5) is 2.50. The fraction of sp³-hybridized carbons (Fsp3) is 0.412. The van der Waals surface area contributed by atoms with Crippen LogP contribution >= 0.6 is 11.3 Å². The molecule has 3 rings (SSSR count). The van der Waals surface area contributed by atoms with E-state index >= 15 is 0 Å². The summed E-state index contributed by atoms with van der Waals surface area (Å²) < 4.78 is 38.4. The number of nitrogens with one attached hydrogen (secondary N) is 1. The standard InChI is InChI=1S/C17H22N2O4S2/c1-22-15-2-4-16(5-3-15)25(20,21)18-12-17(14-6-11-24-13-14)19-7-9-23-10-8-19/h2-6,11,13,17-18H,7-10,12H2,1H3/t17-/m0/s1. The molecular weight excluding hydrogens is 360 g/mol. The minimum atomic E-state index is -3.57. The van der Waals surface area contributed by atoms with Gasteiger partial charge in [0.1, 0.15) is 5.75 Å². The zero-order valence-corrected chi connectivity index (χ0v) is 15.7. The molecule has 0 unspecified atom stereocenters. The second-order valence-electron chi connectivity index (χ2n) is 5.75. The summed E-state index contributed by atoms with van der Waals surface area (Å²) in [6.07, 6.45) is 0. The topological polar surface area (TPSA) is 67.9 Å². The minimum absolute atomic E-state index is 0.00294. The van der Waals surface area contributed by atoms with Crippen molar-refractivity contribution in [3.05, 3.63) is 46.7 Å². The molecule has 1 N–H and O–H groups in total. The zero-order valence-electron chi connectivity index (χ0n) is 14.1. The molecule has 0 aliphatic carbocycles. The Labute approximate surface area is 152 Å². The van der Waals surface area contributed by atoms with E-state index in [1.165, 1.54) is 0 Å². The highest BCUT2D eigenvalue weighted by Crippen LogP contribution is 2.24. The van der Waals surface area contributed by atoms with Gasteiger partial charge in [0.25, 0.3) is 0 Å². The number of thiophene rings is 1. The first-order chi connectivity index (χ1) is 12.1. The van der Waals surface area contributed by atoms with Gasteiger partial charge in [-0.2, -0.15) is 11.3 Å². The van der Waals surface area contributed by atoms with Crippen LogP contribution in [0.2, 0.25) is 0 Å². The van der Waals surface area contributed by atoms with Crippen molar-refractivity contribution in [2.45, 2.75) is 10.9 Å². The van der Waals surface area contributed by atoms with Crippen LogP contribution < -0.4 is 9.46 Å². The van der Waals surface area contributed by atoms with E-state index in [0.29, 0.717) is 25.5 Å². The van der Waals surface area contributed by atoms with Crippen LogP contribution in [0.1, 0.15) is 11.6 Å². The monoisotopic (exact) mass is 382 g/mol. The third-order valence-electron chi connectivity index (χ3n) is 4.25. The van der Waals surface area contributed by atoms with Crippen LogP contribution in [0.3, 0.4) is 0 Å². The molecule has 2 heterocycles. The van der Waals surface area contributed by atoms with Gasteiger partial charge in [0, 0.05) is 25.7 Å². The van der Waals surface area contributed by atoms with Gasteiger partial charge in [-0.1, -0.05) is 0 Å². The summed E-state index contributed by atoms with van der Waals surface area (Å²) in [7, 11) is -2.02. The fourth-order valence-electron chi connectivity index (χ4n) is 2.84. The lowest BCUT2D eigenvalue weighted by molar-refractivity contribution is 0.0173. The molecule has 0 bridgehead atoms. The van der Waals surface area contributed by atoms with E-state index in [2.05, 4.69) is 15.0 Å². The van der Waals surface area contributed by atoms with Crippen molar-refractivity contribution >= 4 is 21.4 Å². The van der Waals surface area contributed by atoms with Crippen LogP contribution in [0.15, 0.2) is 46.0 Å². The smallest absolute Gasteiger partial charge is 0.240 e. The molecule has 8 heteroatoms. The molecule has 25 heavy (non-hydrogen) atoms. The quantitative estimate of drug-likeness (QED) is 0.794. The number of morpholine rings is 1. The molecule has 1 aliphatic heterocycles. The normalized spacial score (nSPS) is 17.3. The lowest BCUT2D eigenvalue weighted by atomic mass is 10.1. The first-order valence-corrected chi connectivity index (χ1v) is 10.5. The van der Waals surface area contributed by atoms with Crippen LogP contribution in [0, 0.1) is 0 Å². The van der Waals surface area contributed by atoms with Crippen molar-refractivity contribution in [3.63, 3.8) is 0 Å². The maximum Gasteiger partial charge on any atom is 0.240 e. The Kier molecular flexibility index (Phi) is 6.08. The van der Waals surface area contributed by atoms with Crippen LogP contribution in [0.4, 0.5) is 0 Å². The Bertz CT molecular complexity index is 754. The van der Waals surface area contributed by atoms with Crippen LogP contribution in [-0.2, 0) is 14.8 Å². The third-order valence-corrected chi connectivity index (χ3v) is 6.39. The molecule has 136 valence electrons. The highest BCUT2D eigenvalue weighted by Gasteiger charge is 2.25. The van der Waals surface area contributed by atoms with Gasteiger partial charge in [0.15, 0.2) is 0 Å². The first kappa shape index (κ1) is 18.3. The summed E-state index contributed by atoms with van der Waals surface area (Å²) in [6, 6.07) is 8.44.